The highest BCUT2D eigenvalue weighted by atomic mass is 35.7. The van der Waals surface area contributed by atoms with Gasteiger partial charge in [-0.05, 0) is 62.6 Å². The van der Waals surface area contributed by atoms with E-state index in [0.29, 0.717) is 11.1 Å². The summed E-state index contributed by atoms with van der Waals surface area (Å²) in [5.74, 6) is 0.00918. The van der Waals surface area contributed by atoms with Gasteiger partial charge in [0, 0.05) is 21.9 Å². The van der Waals surface area contributed by atoms with Gasteiger partial charge in [0.2, 0.25) is 0 Å². The Kier molecular flexibility index (Phi) is 4.71. The van der Waals surface area contributed by atoms with Crippen molar-refractivity contribution in [2.45, 2.75) is 27.7 Å². The van der Waals surface area contributed by atoms with Crippen LogP contribution >= 0.6 is 0 Å². The van der Waals surface area contributed by atoms with E-state index in [9.17, 15) is 14.0 Å². The van der Waals surface area contributed by atoms with E-state index in [2.05, 4.69) is 37.2 Å². The monoisotopic (exact) mass is 409 g/mol. The molecular weight excluding hydrogens is 390 g/mol. The molecule has 0 atom stereocenters. The zero-order valence-electron chi connectivity index (χ0n) is 16.6. The average Bonchev–Trinajstić information content (AvgIpc) is 2.62. The quantitative estimate of drug-likeness (QED) is 0.485. The number of rotatable bonds is 3. The lowest BCUT2D eigenvalue weighted by molar-refractivity contribution is -1.91. The minimum absolute atomic E-state index is 0.00918. The first-order chi connectivity index (χ1) is 13.7. The summed E-state index contributed by atoms with van der Waals surface area (Å²) in [5.41, 5.74) is 7.54. The first-order valence-corrected chi connectivity index (χ1v) is 10.4. The number of nitrogens with zero attached hydrogens (tertiary/aromatic N) is 1. The van der Waals surface area contributed by atoms with Crippen LogP contribution in [0.1, 0.15) is 22.3 Å². The van der Waals surface area contributed by atoms with Crippen LogP contribution in [0.4, 0.5) is 0 Å². The molecule has 6 heteroatoms. The van der Waals surface area contributed by atoms with Gasteiger partial charge in [0.15, 0.2) is 0 Å². The topological polar surface area (TPSA) is 91.3 Å². The van der Waals surface area contributed by atoms with Crippen molar-refractivity contribution < 1.29 is 28.5 Å². The van der Waals surface area contributed by atoms with Crippen molar-refractivity contribution in [2.24, 2.45) is 0 Å². The second-order valence-electron chi connectivity index (χ2n) is 7.32. The van der Waals surface area contributed by atoms with E-state index in [1.54, 1.807) is 13.0 Å². The highest BCUT2D eigenvalue weighted by Gasteiger charge is 2.25. The molecule has 1 heterocycles. The van der Waals surface area contributed by atoms with Crippen LogP contribution in [0.2, 0.25) is 0 Å². The Morgan fingerprint density at radius 2 is 1.45 bits per heavy atom. The zero-order valence-corrected chi connectivity index (χ0v) is 17.3. The van der Waals surface area contributed by atoms with E-state index >= 15 is 0 Å². The molecule has 0 unspecified atom stereocenters. The molecule has 0 radical (unpaired) electrons. The summed E-state index contributed by atoms with van der Waals surface area (Å²) in [6.45, 7) is 7.93. The van der Waals surface area contributed by atoms with Crippen LogP contribution in [0.25, 0.3) is 32.9 Å². The molecule has 0 spiro atoms. The lowest BCUT2D eigenvalue weighted by Gasteiger charge is -2.19. The van der Waals surface area contributed by atoms with Crippen LogP contribution in [0, 0.1) is 37.9 Å². The van der Waals surface area contributed by atoms with Gasteiger partial charge in [-0.2, -0.15) is 14.0 Å². The van der Waals surface area contributed by atoms with Gasteiger partial charge in [0.25, 0.3) is 5.75 Å². The fourth-order valence-electron chi connectivity index (χ4n) is 4.15. The van der Waals surface area contributed by atoms with E-state index < -0.39 is 10.2 Å². The summed E-state index contributed by atoms with van der Waals surface area (Å²) in [4.78, 5) is 4.75. The van der Waals surface area contributed by atoms with Crippen LogP contribution in [-0.2, 0) is 0 Å². The summed E-state index contributed by atoms with van der Waals surface area (Å²) in [6.07, 6.45) is 0. The van der Waals surface area contributed by atoms with E-state index in [-0.39, 0.29) is 5.75 Å². The van der Waals surface area contributed by atoms with Gasteiger partial charge < -0.3 is 0 Å². The molecule has 0 amide bonds. The van der Waals surface area contributed by atoms with Crippen molar-refractivity contribution in [3.05, 3.63) is 70.8 Å². The highest BCUT2D eigenvalue weighted by Crippen LogP contribution is 2.42. The molecule has 0 aliphatic rings. The van der Waals surface area contributed by atoms with Gasteiger partial charge in [-0.25, -0.2) is 4.98 Å². The third-order valence-electron chi connectivity index (χ3n) is 5.16. The number of para-hydroxylation sites is 1. The molecule has 0 N–H and O–H groups in total. The SMILES string of the molecule is Cc1cc(C)c(-c2c3ccccc3nc3ccc(O[Cl+3]([O-])([O-])[O-])c(C)c23)c(C)c1. The molecule has 3 aromatic carbocycles. The van der Waals surface area contributed by atoms with E-state index in [1.807, 2.05) is 24.3 Å². The number of hydrogen-bond acceptors (Lipinski definition) is 5. The molecule has 4 rings (SSSR count). The molecule has 4 aromatic rings. The fourth-order valence-corrected chi connectivity index (χ4v) is 4.52. The lowest BCUT2D eigenvalue weighted by Crippen LogP contribution is -2.63. The molecule has 1 aromatic heterocycles. The molecule has 29 heavy (non-hydrogen) atoms. The molecule has 0 aliphatic heterocycles. The zero-order chi connectivity index (χ0) is 20.9. The number of fused-ring (bicyclic) bond motifs is 2. The van der Waals surface area contributed by atoms with Crippen LogP contribution in [-0.4, -0.2) is 4.98 Å². The van der Waals surface area contributed by atoms with Crippen LogP contribution < -0.4 is 18.3 Å². The van der Waals surface area contributed by atoms with Gasteiger partial charge >= 0.3 is 0 Å². The minimum Gasteiger partial charge on any atom is -0.248 e. The number of hydrogen-bond donors (Lipinski definition) is 0. The third kappa shape index (κ3) is 3.54. The predicted molar refractivity (Wildman–Crippen MR) is 104 cm³/mol. The fraction of sp³-hybridized carbons (Fsp3) is 0.174. The van der Waals surface area contributed by atoms with Crippen LogP contribution in [0.3, 0.4) is 0 Å². The number of benzene rings is 3. The second kappa shape index (κ2) is 6.97. The molecule has 5 nitrogen and oxygen atoms in total. The van der Waals surface area contributed by atoms with Gasteiger partial charge in [-0.15, -0.1) is 0 Å². The normalized spacial score (nSPS) is 12.0. The number of halogens is 1. The summed E-state index contributed by atoms with van der Waals surface area (Å²) in [6, 6.07) is 15.3. The molecule has 0 fully saturated rings. The van der Waals surface area contributed by atoms with Crippen molar-refractivity contribution in [3.63, 3.8) is 0 Å². The predicted octanol–water partition coefficient (Wildman–Crippen LogP) is 2.56. The molecule has 0 bridgehead atoms. The minimum atomic E-state index is -4.59. The first-order valence-electron chi connectivity index (χ1n) is 9.16. The maximum absolute atomic E-state index is 11.2. The lowest BCUT2D eigenvalue weighted by atomic mass is 9.87. The van der Waals surface area contributed by atoms with E-state index in [1.165, 1.54) is 11.6 Å². The van der Waals surface area contributed by atoms with Gasteiger partial charge in [-0.1, -0.05) is 40.2 Å². The highest BCUT2D eigenvalue weighted by molar-refractivity contribution is 6.12. The van der Waals surface area contributed by atoms with E-state index in [0.717, 1.165) is 38.5 Å². The van der Waals surface area contributed by atoms with Gasteiger partial charge in [0.1, 0.15) is 10.2 Å². The molecule has 0 saturated carbocycles. The largest absolute Gasteiger partial charge is 0.291 e. The Balaban J connectivity index is 2.19. The Morgan fingerprint density at radius 1 is 0.793 bits per heavy atom. The molecule has 148 valence electrons. The number of pyridine rings is 1. The molecule has 0 aliphatic carbocycles. The maximum Gasteiger partial charge on any atom is 0.291 e. The van der Waals surface area contributed by atoms with Gasteiger partial charge in [-0.3, -0.25) is 0 Å². The third-order valence-corrected chi connectivity index (χ3v) is 5.52. The Labute approximate surface area is 170 Å². The van der Waals surface area contributed by atoms with E-state index in [4.69, 9.17) is 4.98 Å². The Hall–Kier alpha value is -2.70. The van der Waals surface area contributed by atoms with Crippen molar-refractivity contribution >= 4 is 21.8 Å². The Morgan fingerprint density at radius 3 is 2.10 bits per heavy atom. The molecular formula is C23H20ClNO4. The summed E-state index contributed by atoms with van der Waals surface area (Å²) in [5, 5.41) is 1.73. The second-order valence-corrected chi connectivity index (χ2v) is 8.23. The van der Waals surface area contributed by atoms with Crippen LogP contribution in [0.15, 0.2) is 48.5 Å². The molecule has 0 saturated heterocycles. The van der Waals surface area contributed by atoms with Crippen molar-refractivity contribution in [1.82, 2.24) is 4.98 Å². The van der Waals surface area contributed by atoms with Crippen LogP contribution in [0.5, 0.6) is 5.75 Å². The summed E-state index contributed by atoms with van der Waals surface area (Å²) < 4.78 is 38.2. The number of aryl methyl sites for hydroxylation is 4. The standard InChI is InChI=1S/C23H20ClNO4/c1-13-11-14(2)21(15(3)12-13)23-17-7-5-6-8-18(17)25-19-9-10-20(16(4)22(19)23)29-24(26,27)28/h5-12H,1-4H3. The Bertz CT molecular complexity index is 1240. The van der Waals surface area contributed by atoms with Crippen molar-refractivity contribution in [1.29, 1.82) is 0 Å². The smallest absolute Gasteiger partial charge is 0.248 e. The van der Waals surface area contributed by atoms with Gasteiger partial charge in [0.05, 0.1) is 11.0 Å². The summed E-state index contributed by atoms with van der Waals surface area (Å²) in [7, 11) is -4.59. The van der Waals surface area contributed by atoms with Crippen molar-refractivity contribution in [3.8, 4) is 16.9 Å². The first kappa shape index (κ1) is 19.6. The number of aromatic nitrogens is 1. The maximum atomic E-state index is 11.2. The van der Waals surface area contributed by atoms with Crippen molar-refractivity contribution in [2.75, 3.05) is 0 Å². The average molecular weight is 410 g/mol. The summed E-state index contributed by atoms with van der Waals surface area (Å²) >= 11 is 0.